The van der Waals surface area contributed by atoms with Crippen molar-refractivity contribution in [2.24, 2.45) is 0 Å². The second kappa shape index (κ2) is 7.34. The molecule has 1 amide bonds. The summed E-state index contributed by atoms with van der Waals surface area (Å²) < 4.78 is 26.2. The zero-order valence-electron chi connectivity index (χ0n) is 15.7. The molecule has 3 heterocycles. The quantitative estimate of drug-likeness (QED) is 0.521. The van der Waals surface area contributed by atoms with Crippen molar-refractivity contribution in [1.29, 1.82) is 0 Å². The molecule has 0 atom stereocenters. The number of rotatable bonds is 5. The van der Waals surface area contributed by atoms with Crippen molar-refractivity contribution in [1.82, 2.24) is 19.9 Å². The van der Waals surface area contributed by atoms with Crippen LogP contribution in [0.1, 0.15) is 40.3 Å². The standard InChI is InChI=1S/C20H17FN4O4/c1-11(2)28-20(27)15-8-13(21)6-12-7-14(29-17(12)15)9-23-19(26)16-10-24-25-5-3-4-22-18(16)25/h3-8,10-11H,9H2,1-2H3,(H,23,26). The van der Waals surface area contributed by atoms with Gasteiger partial charge in [-0.2, -0.15) is 5.10 Å². The van der Waals surface area contributed by atoms with Crippen LogP contribution in [0.2, 0.25) is 0 Å². The molecule has 1 aromatic carbocycles. The Hall–Kier alpha value is -3.75. The molecular weight excluding hydrogens is 379 g/mol. The normalized spacial score (nSPS) is 11.3. The van der Waals surface area contributed by atoms with Crippen LogP contribution >= 0.6 is 0 Å². The van der Waals surface area contributed by atoms with E-state index in [0.29, 0.717) is 22.4 Å². The molecule has 8 nitrogen and oxygen atoms in total. The van der Waals surface area contributed by atoms with E-state index in [2.05, 4.69) is 15.4 Å². The van der Waals surface area contributed by atoms with Gasteiger partial charge in [0.15, 0.2) is 5.65 Å². The molecule has 4 aromatic rings. The van der Waals surface area contributed by atoms with Gasteiger partial charge in [0, 0.05) is 17.8 Å². The van der Waals surface area contributed by atoms with Gasteiger partial charge in [0.25, 0.3) is 5.91 Å². The molecular formula is C20H17FN4O4. The first-order valence-corrected chi connectivity index (χ1v) is 8.92. The van der Waals surface area contributed by atoms with E-state index in [0.717, 1.165) is 6.07 Å². The molecule has 4 rings (SSSR count). The number of hydrogen-bond acceptors (Lipinski definition) is 6. The largest absolute Gasteiger partial charge is 0.459 e. The molecule has 0 saturated carbocycles. The number of nitrogens with one attached hydrogen (secondary N) is 1. The molecule has 148 valence electrons. The lowest BCUT2D eigenvalue weighted by molar-refractivity contribution is 0.0378. The van der Waals surface area contributed by atoms with E-state index < -0.39 is 11.8 Å². The van der Waals surface area contributed by atoms with Crippen molar-refractivity contribution in [3.8, 4) is 0 Å². The first-order chi connectivity index (χ1) is 13.9. The van der Waals surface area contributed by atoms with E-state index in [9.17, 15) is 14.0 Å². The Kier molecular flexibility index (Phi) is 4.71. The highest BCUT2D eigenvalue weighted by atomic mass is 19.1. The van der Waals surface area contributed by atoms with Crippen molar-refractivity contribution in [3.05, 3.63) is 65.6 Å². The van der Waals surface area contributed by atoms with Crippen LogP contribution in [0.3, 0.4) is 0 Å². The third-order valence-corrected chi connectivity index (χ3v) is 4.14. The summed E-state index contributed by atoms with van der Waals surface area (Å²) in [5.74, 6) is -1.28. The number of aromatic nitrogens is 3. The summed E-state index contributed by atoms with van der Waals surface area (Å²) in [6, 6.07) is 5.60. The first-order valence-electron chi connectivity index (χ1n) is 8.92. The summed E-state index contributed by atoms with van der Waals surface area (Å²) >= 11 is 0. The zero-order chi connectivity index (χ0) is 20.5. The summed E-state index contributed by atoms with van der Waals surface area (Å²) in [5, 5.41) is 7.19. The number of furan rings is 1. The van der Waals surface area contributed by atoms with Crippen LogP contribution < -0.4 is 5.32 Å². The van der Waals surface area contributed by atoms with Gasteiger partial charge in [-0.05, 0) is 38.1 Å². The van der Waals surface area contributed by atoms with E-state index >= 15 is 0 Å². The number of halogens is 1. The SMILES string of the molecule is CC(C)OC(=O)c1cc(F)cc2cc(CNC(=O)c3cnn4cccnc34)oc12. The van der Waals surface area contributed by atoms with Gasteiger partial charge in [0.05, 0.1) is 18.8 Å². The topological polar surface area (TPSA) is 98.7 Å². The Morgan fingerprint density at radius 3 is 2.90 bits per heavy atom. The molecule has 0 unspecified atom stereocenters. The van der Waals surface area contributed by atoms with Gasteiger partial charge in [0.1, 0.15) is 28.3 Å². The molecule has 29 heavy (non-hydrogen) atoms. The molecule has 0 aliphatic rings. The van der Waals surface area contributed by atoms with Crippen LogP contribution in [0.25, 0.3) is 16.6 Å². The van der Waals surface area contributed by atoms with Gasteiger partial charge in [-0.15, -0.1) is 0 Å². The number of carbonyl (C=O) groups is 2. The maximum Gasteiger partial charge on any atom is 0.342 e. The smallest absolute Gasteiger partial charge is 0.342 e. The maximum absolute atomic E-state index is 13.9. The summed E-state index contributed by atoms with van der Waals surface area (Å²) in [6.07, 6.45) is 4.32. The van der Waals surface area contributed by atoms with Gasteiger partial charge in [-0.1, -0.05) is 0 Å². The number of esters is 1. The van der Waals surface area contributed by atoms with Gasteiger partial charge < -0.3 is 14.5 Å². The number of fused-ring (bicyclic) bond motifs is 2. The van der Waals surface area contributed by atoms with Crippen molar-refractivity contribution < 1.29 is 23.1 Å². The molecule has 0 radical (unpaired) electrons. The van der Waals surface area contributed by atoms with E-state index in [1.807, 2.05) is 0 Å². The number of ether oxygens (including phenoxy) is 1. The van der Waals surface area contributed by atoms with Crippen LogP contribution in [0.4, 0.5) is 4.39 Å². The molecule has 0 bridgehead atoms. The molecule has 0 saturated heterocycles. The van der Waals surface area contributed by atoms with E-state index in [4.69, 9.17) is 9.15 Å². The Balaban J connectivity index is 1.57. The van der Waals surface area contributed by atoms with Crippen LogP contribution in [0, 0.1) is 5.82 Å². The lowest BCUT2D eigenvalue weighted by Crippen LogP contribution is -2.22. The Bertz CT molecular complexity index is 1230. The third-order valence-electron chi connectivity index (χ3n) is 4.14. The Morgan fingerprint density at radius 2 is 2.10 bits per heavy atom. The number of nitrogens with zero attached hydrogens (tertiary/aromatic N) is 3. The number of hydrogen-bond donors (Lipinski definition) is 1. The lowest BCUT2D eigenvalue weighted by Gasteiger charge is -2.08. The third kappa shape index (κ3) is 3.66. The second-order valence-electron chi connectivity index (χ2n) is 6.67. The number of amides is 1. The minimum atomic E-state index is -0.674. The minimum Gasteiger partial charge on any atom is -0.459 e. The summed E-state index contributed by atoms with van der Waals surface area (Å²) in [6.45, 7) is 3.44. The van der Waals surface area contributed by atoms with Crippen LogP contribution in [-0.4, -0.2) is 32.6 Å². The van der Waals surface area contributed by atoms with Crippen LogP contribution in [0.5, 0.6) is 0 Å². The van der Waals surface area contributed by atoms with E-state index in [1.54, 1.807) is 38.4 Å². The summed E-state index contributed by atoms with van der Waals surface area (Å²) in [5.41, 5.74) is 0.946. The number of benzene rings is 1. The Labute approximate surface area is 164 Å². The van der Waals surface area contributed by atoms with Crippen LogP contribution in [0.15, 0.2) is 47.3 Å². The summed E-state index contributed by atoms with van der Waals surface area (Å²) in [7, 11) is 0. The molecule has 9 heteroatoms. The highest BCUT2D eigenvalue weighted by molar-refractivity contribution is 6.02. The van der Waals surface area contributed by atoms with E-state index in [-0.39, 0.29) is 29.7 Å². The summed E-state index contributed by atoms with van der Waals surface area (Å²) in [4.78, 5) is 28.9. The average Bonchev–Trinajstić information content (AvgIpc) is 3.28. The average molecular weight is 396 g/mol. The highest BCUT2D eigenvalue weighted by Gasteiger charge is 2.20. The zero-order valence-corrected chi connectivity index (χ0v) is 15.7. The maximum atomic E-state index is 13.9. The van der Waals surface area contributed by atoms with Crippen molar-refractivity contribution in [2.75, 3.05) is 0 Å². The minimum absolute atomic E-state index is 0.00175. The molecule has 0 aliphatic carbocycles. The van der Waals surface area contributed by atoms with Crippen molar-refractivity contribution in [3.63, 3.8) is 0 Å². The van der Waals surface area contributed by atoms with E-state index in [1.165, 1.54) is 16.8 Å². The first kappa shape index (κ1) is 18.6. The Morgan fingerprint density at radius 1 is 1.28 bits per heavy atom. The van der Waals surface area contributed by atoms with Gasteiger partial charge in [-0.25, -0.2) is 18.7 Å². The molecule has 1 N–H and O–H groups in total. The highest BCUT2D eigenvalue weighted by Crippen LogP contribution is 2.26. The molecule has 0 aliphatic heterocycles. The monoisotopic (exact) mass is 396 g/mol. The van der Waals surface area contributed by atoms with Gasteiger partial charge >= 0.3 is 5.97 Å². The van der Waals surface area contributed by atoms with Gasteiger partial charge in [-0.3, -0.25) is 4.79 Å². The van der Waals surface area contributed by atoms with Gasteiger partial charge in [0.2, 0.25) is 0 Å². The fourth-order valence-corrected chi connectivity index (χ4v) is 2.94. The second-order valence-corrected chi connectivity index (χ2v) is 6.67. The fourth-order valence-electron chi connectivity index (χ4n) is 2.94. The lowest BCUT2D eigenvalue weighted by atomic mass is 10.1. The van der Waals surface area contributed by atoms with Crippen molar-refractivity contribution >= 4 is 28.5 Å². The number of carbonyl (C=O) groups excluding carboxylic acids is 2. The predicted molar refractivity (Wildman–Crippen MR) is 101 cm³/mol. The molecule has 3 aromatic heterocycles. The van der Waals surface area contributed by atoms with Crippen molar-refractivity contribution in [2.45, 2.75) is 26.5 Å². The predicted octanol–water partition coefficient (Wildman–Crippen LogP) is 3.11. The molecule has 0 spiro atoms. The van der Waals surface area contributed by atoms with Crippen LogP contribution in [-0.2, 0) is 11.3 Å². The fraction of sp³-hybridized carbons (Fsp3) is 0.200. The molecule has 0 fully saturated rings.